The van der Waals surface area contributed by atoms with Crippen LogP contribution in [0.2, 0.25) is 0 Å². The highest BCUT2D eigenvalue weighted by atomic mass is 16.5. The fraction of sp³-hybridized carbons (Fsp3) is 0.0370. The smallest absolute Gasteiger partial charge is 0.308 e. The van der Waals surface area contributed by atoms with E-state index in [-0.39, 0.29) is 11.9 Å². The summed E-state index contributed by atoms with van der Waals surface area (Å²) >= 11 is 0. The van der Waals surface area contributed by atoms with Crippen molar-refractivity contribution in [3.63, 3.8) is 0 Å². The Morgan fingerprint density at radius 2 is 1.23 bits per heavy atom. The number of esters is 1. The predicted molar refractivity (Wildman–Crippen MR) is 123 cm³/mol. The number of hydrogen-bond donors (Lipinski definition) is 0. The second kappa shape index (κ2) is 9.09. The third-order valence-electron chi connectivity index (χ3n) is 4.79. The molecule has 31 heavy (non-hydrogen) atoms. The predicted octanol–water partition coefficient (Wildman–Crippen LogP) is 6.26. The highest BCUT2D eigenvalue weighted by Gasteiger charge is 2.20. The number of nitrogens with zero attached hydrogens (tertiary/aromatic N) is 1. The van der Waals surface area contributed by atoms with E-state index >= 15 is 0 Å². The molecule has 4 rings (SSSR count). The number of anilines is 2. The number of para-hydroxylation sites is 2. The molecule has 0 N–H and O–H groups in total. The number of carbonyl (C=O) groups excluding carboxylic acids is 2. The molecule has 0 bridgehead atoms. The summed E-state index contributed by atoms with van der Waals surface area (Å²) in [6.45, 7) is 1.37. The largest absolute Gasteiger partial charge is 0.427 e. The van der Waals surface area contributed by atoms with Crippen molar-refractivity contribution < 1.29 is 14.3 Å². The lowest BCUT2D eigenvalue weighted by atomic mass is 10.0. The lowest BCUT2D eigenvalue weighted by Crippen LogP contribution is -2.25. The third-order valence-corrected chi connectivity index (χ3v) is 4.79. The Kier molecular flexibility index (Phi) is 5.90. The van der Waals surface area contributed by atoms with Crippen molar-refractivity contribution in [2.45, 2.75) is 6.92 Å². The van der Waals surface area contributed by atoms with Crippen molar-refractivity contribution in [3.8, 4) is 16.9 Å². The van der Waals surface area contributed by atoms with Crippen LogP contribution in [0.15, 0.2) is 109 Å². The van der Waals surface area contributed by atoms with Gasteiger partial charge in [0, 0.05) is 23.9 Å². The molecule has 0 aliphatic rings. The molecule has 1 amide bonds. The number of hydrogen-bond acceptors (Lipinski definition) is 3. The number of ether oxygens (including phenoxy) is 1. The average molecular weight is 407 g/mol. The first-order chi connectivity index (χ1) is 15.1. The Labute approximate surface area is 181 Å². The van der Waals surface area contributed by atoms with Crippen molar-refractivity contribution in [1.29, 1.82) is 0 Å². The lowest BCUT2D eigenvalue weighted by Gasteiger charge is -2.23. The monoisotopic (exact) mass is 407 g/mol. The molecule has 0 fully saturated rings. The molecule has 4 nitrogen and oxygen atoms in total. The highest BCUT2D eigenvalue weighted by Crippen LogP contribution is 2.29. The lowest BCUT2D eigenvalue weighted by molar-refractivity contribution is -0.131. The van der Waals surface area contributed by atoms with Crippen LogP contribution in [0.3, 0.4) is 0 Å². The van der Waals surface area contributed by atoms with Crippen LogP contribution in [-0.2, 0) is 4.79 Å². The number of rotatable bonds is 5. The van der Waals surface area contributed by atoms with Gasteiger partial charge in [-0.05, 0) is 59.7 Å². The van der Waals surface area contributed by atoms with Gasteiger partial charge >= 0.3 is 5.97 Å². The molecule has 0 aliphatic carbocycles. The topological polar surface area (TPSA) is 46.6 Å². The number of carbonyl (C=O) groups is 2. The van der Waals surface area contributed by atoms with Crippen LogP contribution >= 0.6 is 0 Å². The molecular weight excluding hydrogens is 386 g/mol. The van der Waals surface area contributed by atoms with Gasteiger partial charge in [-0.25, -0.2) is 0 Å². The third kappa shape index (κ3) is 4.70. The van der Waals surface area contributed by atoms with Crippen LogP contribution < -0.4 is 9.64 Å². The van der Waals surface area contributed by atoms with E-state index in [9.17, 15) is 9.59 Å². The first kappa shape index (κ1) is 20.1. The van der Waals surface area contributed by atoms with Gasteiger partial charge in [-0.2, -0.15) is 0 Å². The maximum atomic E-state index is 13.6. The van der Waals surface area contributed by atoms with Crippen LogP contribution in [-0.4, -0.2) is 11.9 Å². The molecule has 0 aromatic heterocycles. The zero-order valence-electron chi connectivity index (χ0n) is 17.1. The Morgan fingerprint density at radius 3 is 1.77 bits per heavy atom. The van der Waals surface area contributed by atoms with Crippen LogP contribution in [0.1, 0.15) is 17.3 Å². The SMILES string of the molecule is CC(=O)Oc1ccc(-c2cccc(C(=O)N(c3ccccc3)c3ccccc3)c2)cc1. The summed E-state index contributed by atoms with van der Waals surface area (Å²) in [4.78, 5) is 26.4. The summed E-state index contributed by atoms with van der Waals surface area (Å²) in [6, 6.07) is 33.9. The van der Waals surface area contributed by atoms with E-state index < -0.39 is 0 Å². The summed E-state index contributed by atoms with van der Waals surface area (Å²) in [7, 11) is 0. The minimum atomic E-state index is -0.359. The van der Waals surface area contributed by atoms with Crippen molar-refractivity contribution in [1.82, 2.24) is 0 Å². The summed E-state index contributed by atoms with van der Waals surface area (Å²) in [5, 5.41) is 0. The van der Waals surface area contributed by atoms with Gasteiger partial charge < -0.3 is 4.74 Å². The summed E-state index contributed by atoms with van der Waals surface area (Å²) < 4.78 is 5.10. The maximum Gasteiger partial charge on any atom is 0.308 e. The summed E-state index contributed by atoms with van der Waals surface area (Å²) in [5.41, 5.74) is 4.01. The molecule has 152 valence electrons. The molecule has 0 saturated heterocycles. The van der Waals surface area contributed by atoms with Gasteiger partial charge in [0.05, 0.1) is 0 Å². The maximum absolute atomic E-state index is 13.6. The first-order valence-electron chi connectivity index (χ1n) is 9.95. The van der Waals surface area contributed by atoms with Gasteiger partial charge in [0.15, 0.2) is 0 Å². The van der Waals surface area contributed by atoms with E-state index in [1.54, 1.807) is 17.0 Å². The van der Waals surface area contributed by atoms with E-state index in [0.29, 0.717) is 11.3 Å². The van der Waals surface area contributed by atoms with Crippen LogP contribution in [0.5, 0.6) is 5.75 Å². The average Bonchev–Trinajstić information content (AvgIpc) is 2.81. The quantitative estimate of drug-likeness (QED) is 0.290. The summed E-state index contributed by atoms with van der Waals surface area (Å²) in [5.74, 6) is 0.0147. The fourth-order valence-corrected chi connectivity index (χ4v) is 3.38. The van der Waals surface area contributed by atoms with Crippen LogP contribution in [0.4, 0.5) is 11.4 Å². The summed E-state index contributed by atoms with van der Waals surface area (Å²) in [6.07, 6.45) is 0. The number of amides is 1. The molecule has 0 aliphatic heterocycles. The zero-order valence-corrected chi connectivity index (χ0v) is 17.1. The molecule has 0 saturated carbocycles. The van der Waals surface area contributed by atoms with Crippen molar-refractivity contribution in [2.24, 2.45) is 0 Å². The second-order valence-electron chi connectivity index (χ2n) is 7.01. The highest BCUT2D eigenvalue weighted by molar-refractivity contribution is 6.11. The molecule has 0 atom stereocenters. The molecule has 0 heterocycles. The molecule has 4 aromatic rings. The van der Waals surface area contributed by atoms with E-state index in [4.69, 9.17) is 4.74 Å². The van der Waals surface area contributed by atoms with E-state index in [1.165, 1.54) is 6.92 Å². The van der Waals surface area contributed by atoms with Gasteiger partial charge in [0.2, 0.25) is 0 Å². The Morgan fingerprint density at radius 1 is 0.645 bits per heavy atom. The minimum Gasteiger partial charge on any atom is -0.427 e. The molecule has 4 heteroatoms. The van der Waals surface area contributed by atoms with E-state index in [1.807, 2.05) is 97.1 Å². The molecule has 0 spiro atoms. The zero-order chi connectivity index (χ0) is 21.6. The Bertz CT molecular complexity index is 1150. The fourth-order valence-electron chi connectivity index (χ4n) is 3.38. The minimum absolute atomic E-state index is 0.115. The van der Waals surface area contributed by atoms with Gasteiger partial charge in [-0.1, -0.05) is 60.7 Å². The van der Waals surface area contributed by atoms with Gasteiger partial charge in [-0.15, -0.1) is 0 Å². The van der Waals surface area contributed by atoms with Crippen molar-refractivity contribution in [2.75, 3.05) is 4.90 Å². The molecule has 0 unspecified atom stereocenters. The van der Waals surface area contributed by atoms with Crippen molar-refractivity contribution in [3.05, 3.63) is 115 Å². The molecule has 4 aromatic carbocycles. The number of benzene rings is 4. The van der Waals surface area contributed by atoms with Gasteiger partial charge in [0.25, 0.3) is 5.91 Å². The Balaban J connectivity index is 1.68. The van der Waals surface area contributed by atoms with E-state index in [0.717, 1.165) is 22.5 Å². The van der Waals surface area contributed by atoms with Crippen molar-refractivity contribution >= 4 is 23.3 Å². The van der Waals surface area contributed by atoms with Crippen LogP contribution in [0.25, 0.3) is 11.1 Å². The molecule has 0 radical (unpaired) electrons. The molecular formula is C27H21NO3. The standard InChI is InChI=1S/C27H21NO3/c1-20(29)31-26-17-15-21(16-18-26)22-9-8-10-23(19-22)27(30)28(24-11-4-2-5-12-24)25-13-6-3-7-14-25/h2-19H,1H3. The van der Waals surface area contributed by atoms with Gasteiger partial charge in [0.1, 0.15) is 5.75 Å². The van der Waals surface area contributed by atoms with Gasteiger partial charge in [-0.3, -0.25) is 14.5 Å². The van der Waals surface area contributed by atoms with Crippen LogP contribution in [0, 0.1) is 0 Å². The Hall–Kier alpha value is -4.18. The normalized spacial score (nSPS) is 10.4. The first-order valence-corrected chi connectivity index (χ1v) is 9.95. The van der Waals surface area contributed by atoms with E-state index in [2.05, 4.69) is 0 Å². The second-order valence-corrected chi connectivity index (χ2v) is 7.01.